The summed E-state index contributed by atoms with van der Waals surface area (Å²) in [7, 11) is -3.32. The topological polar surface area (TPSA) is 80.7 Å². The summed E-state index contributed by atoms with van der Waals surface area (Å²) in [6.07, 6.45) is -13.0. The van der Waals surface area contributed by atoms with E-state index >= 15 is 0 Å². The molecule has 1 aliphatic carbocycles. The molecule has 1 N–H and O–H groups in total. The molecule has 0 bridgehead atoms. The van der Waals surface area contributed by atoms with Gasteiger partial charge in [0.1, 0.15) is 10.6 Å². The summed E-state index contributed by atoms with van der Waals surface area (Å²) in [5.41, 5.74) is -6.95. The summed E-state index contributed by atoms with van der Waals surface area (Å²) in [5, 5.41) is 9.57. The van der Waals surface area contributed by atoms with Gasteiger partial charge in [0.2, 0.25) is 0 Å². The van der Waals surface area contributed by atoms with Crippen LogP contribution in [0.5, 0.6) is 0 Å². The number of aliphatic hydroxyl groups is 1. The van der Waals surface area contributed by atoms with E-state index in [4.69, 9.17) is 0 Å². The Bertz CT molecular complexity index is 1150. The zero-order valence-electron chi connectivity index (χ0n) is 17.2. The van der Waals surface area contributed by atoms with Crippen molar-refractivity contribution in [3.05, 3.63) is 65.5 Å². The quantitative estimate of drug-likeness (QED) is 0.364. The first kappa shape index (κ1) is 25.9. The van der Waals surface area contributed by atoms with Crippen molar-refractivity contribution in [3.63, 3.8) is 0 Å². The molecule has 2 aromatic carbocycles. The fraction of sp³-hybridized carbons (Fsp3) is 0.381. The summed E-state index contributed by atoms with van der Waals surface area (Å²) < 4.78 is 122. The number of esters is 1. The molecule has 0 spiro atoms. The molecule has 13 heteroatoms. The molecule has 0 unspecified atom stereocenters. The van der Waals surface area contributed by atoms with Gasteiger partial charge in [-0.3, -0.25) is 4.79 Å². The second-order valence-electron chi connectivity index (χ2n) is 7.86. The number of carbonyl (C=O) groups is 1. The third-order valence-electron chi connectivity index (χ3n) is 5.97. The number of rotatable bonds is 5. The van der Waals surface area contributed by atoms with Crippen LogP contribution < -0.4 is 0 Å². The van der Waals surface area contributed by atoms with Crippen molar-refractivity contribution in [1.82, 2.24) is 0 Å². The van der Waals surface area contributed by atoms with Crippen molar-refractivity contribution in [2.75, 3.05) is 7.11 Å². The standard InChI is InChI=1S/C21H17F7O5S/c1-33-17(29)12-10-18(11-12,34(31,32)16-8-6-15(22)7-9-16)13-2-4-14(5-3-13)19(30,20(23,24)25)21(26,27)28/h2-9,12,30H,10-11H2,1H3. The zero-order valence-corrected chi connectivity index (χ0v) is 18.1. The van der Waals surface area contributed by atoms with Crippen LogP contribution in [0.25, 0.3) is 0 Å². The molecule has 0 heterocycles. The van der Waals surface area contributed by atoms with Crippen LogP contribution in [-0.2, 0) is 29.7 Å². The number of benzene rings is 2. The minimum Gasteiger partial charge on any atom is -0.469 e. The van der Waals surface area contributed by atoms with Crippen LogP contribution in [-0.4, -0.2) is 39.0 Å². The molecular formula is C21H17F7O5S. The number of alkyl halides is 6. The first-order valence-corrected chi connectivity index (χ1v) is 11.0. The van der Waals surface area contributed by atoms with E-state index in [1.807, 2.05) is 0 Å². The van der Waals surface area contributed by atoms with Crippen molar-refractivity contribution in [3.8, 4) is 0 Å². The average molecular weight is 514 g/mol. The van der Waals surface area contributed by atoms with Gasteiger partial charge in [-0.25, -0.2) is 12.8 Å². The van der Waals surface area contributed by atoms with Gasteiger partial charge >= 0.3 is 18.3 Å². The number of carbonyl (C=O) groups excluding carboxylic acids is 1. The van der Waals surface area contributed by atoms with E-state index in [1.165, 1.54) is 0 Å². The fourth-order valence-electron chi connectivity index (χ4n) is 4.02. The van der Waals surface area contributed by atoms with Crippen molar-refractivity contribution < 1.29 is 53.8 Å². The van der Waals surface area contributed by atoms with Gasteiger partial charge in [-0.1, -0.05) is 24.3 Å². The van der Waals surface area contributed by atoms with Gasteiger partial charge in [0.15, 0.2) is 9.84 Å². The Labute approximate surface area is 189 Å². The van der Waals surface area contributed by atoms with Crippen LogP contribution in [0.3, 0.4) is 0 Å². The summed E-state index contributed by atoms with van der Waals surface area (Å²) in [5.74, 6) is -2.38. The third-order valence-corrected chi connectivity index (χ3v) is 8.47. The number of hydrogen-bond donors (Lipinski definition) is 1. The molecule has 3 rings (SSSR count). The van der Waals surface area contributed by atoms with Gasteiger partial charge in [-0.15, -0.1) is 0 Å². The SMILES string of the molecule is COC(=O)C1CC(c2ccc(C(O)(C(F)(F)F)C(F)(F)F)cc2)(S(=O)(=O)c2ccc(F)cc2)C1. The molecule has 186 valence electrons. The van der Waals surface area contributed by atoms with Crippen LogP contribution >= 0.6 is 0 Å². The Hall–Kier alpha value is -2.67. The van der Waals surface area contributed by atoms with E-state index in [2.05, 4.69) is 4.74 Å². The minimum atomic E-state index is -6.11. The smallest absolute Gasteiger partial charge is 0.430 e. The van der Waals surface area contributed by atoms with Gasteiger partial charge in [-0.05, 0) is 42.7 Å². The van der Waals surface area contributed by atoms with Gasteiger partial charge in [0.05, 0.1) is 17.9 Å². The van der Waals surface area contributed by atoms with Crippen LogP contribution in [0, 0.1) is 11.7 Å². The summed E-state index contributed by atoms with van der Waals surface area (Å²) >= 11 is 0. The van der Waals surface area contributed by atoms with Gasteiger partial charge in [0.25, 0.3) is 5.60 Å². The fourth-order valence-corrected chi connectivity index (χ4v) is 6.26. The predicted octanol–water partition coefficient (Wildman–Crippen LogP) is 4.39. The van der Waals surface area contributed by atoms with Gasteiger partial charge < -0.3 is 9.84 Å². The highest BCUT2D eigenvalue weighted by atomic mass is 32.2. The van der Waals surface area contributed by atoms with Crippen LogP contribution in [0.2, 0.25) is 0 Å². The summed E-state index contributed by atoms with van der Waals surface area (Å²) in [6.45, 7) is 0. The lowest BCUT2D eigenvalue weighted by Crippen LogP contribution is -2.54. The molecule has 0 saturated heterocycles. The van der Waals surface area contributed by atoms with Gasteiger partial charge in [-0.2, -0.15) is 26.3 Å². The largest absolute Gasteiger partial charge is 0.469 e. The number of halogens is 7. The number of methoxy groups -OCH3 is 1. The Balaban J connectivity index is 2.12. The third kappa shape index (κ3) is 3.84. The number of ether oxygens (including phenoxy) is 1. The Morgan fingerprint density at radius 3 is 1.82 bits per heavy atom. The van der Waals surface area contributed by atoms with Crippen molar-refractivity contribution in [1.29, 1.82) is 0 Å². The van der Waals surface area contributed by atoms with Crippen LogP contribution in [0.1, 0.15) is 24.0 Å². The van der Waals surface area contributed by atoms with Crippen LogP contribution in [0.4, 0.5) is 30.7 Å². The Morgan fingerprint density at radius 2 is 1.41 bits per heavy atom. The molecular weight excluding hydrogens is 497 g/mol. The summed E-state index contributed by atoms with van der Waals surface area (Å²) in [6, 6.07) is 5.78. The van der Waals surface area contributed by atoms with E-state index in [0.717, 1.165) is 43.5 Å². The lowest BCUT2D eigenvalue weighted by molar-refractivity contribution is -0.376. The number of sulfone groups is 1. The van der Waals surface area contributed by atoms with E-state index in [1.54, 1.807) is 0 Å². The monoisotopic (exact) mass is 514 g/mol. The predicted molar refractivity (Wildman–Crippen MR) is 102 cm³/mol. The maximum Gasteiger partial charge on any atom is 0.430 e. The molecule has 2 aromatic rings. The molecule has 1 fully saturated rings. The molecule has 0 radical (unpaired) electrons. The summed E-state index contributed by atoms with van der Waals surface area (Å²) in [4.78, 5) is 11.5. The van der Waals surface area contributed by atoms with Gasteiger partial charge in [0, 0.05) is 5.56 Å². The first-order chi connectivity index (χ1) is 15.5. The molecule has 1 saturated carbocycles. The molecule has 5 nitrogen and oxygen atoms in total. The van der Waals surface area contributed by atoms with E-state index < -0.39 is 55.8 Å². The van der Waals surface area contributed by atoms with Crippen molar-refractivity contribution >= 4 is 15.8 Å². The maximum absolute atomic E-state index is 13.4. The molecule has 0 aliphatic heterocycles. The van der Waals surface area contributed by atoms with E-state index in [0.29, 0.717) is 12.1 Å². The van der Waals surface area contributed by atoms with E-state index in [9.17, 15) is 49.1 Å². The minimum absolute atomic E-state index is 0.201. The second kappa shape index (κ2) is 8.22. The lowest BCUT2D eigenvalue weighted by atomic mass is 9.70. The Kier molecular flexibility index (Phi) is 6.27. The zero-order chi connectivity index (χ0) is 25.7. The molecule has 0 aromatic heterocycles. The maximum atomic E-state index is 13.4. The first-order valence-electron chi connectivity index (χ1n) is 9.56. The molecule has 1 aliphatic rings. The average Bonchev–Trinajstić information content (AvgIpc) is 2.71. The molecule has 34 heavy (non-hydrogen) atoms. The lowest BCUT2D eigenvalue weighted by Gasteiger charge is -2.46. The molecule has 0 amide bonds. The highest BCUT2D eigenvalue weighted by Crippen LogP contribution is 2.55. The van der Waals surface area contributed by atoms with E-state index in [-0.39, 0.29) is 23.3 Å². The highest BCUT2D eigenvalue weighted by molar-refractivity contribution is 7.92. The van der Waals surface area contributed by atoms with Crippen molar-refractivity contribution in [2.24, 2.45) is 5.92 Å². The van der Waals surface area contributed by atoms with Crippen LogP contribution in [0.15, 0.2) is 53.4 Å². The number of hydrogen-bond acceptors (Lipinski definition) is 5. The van der Waals surface area contributed by atoms with Crippen molar-refractivity contribution in [2.45, 2.75) is 40.4 Å². The Morgan fingerprint density at radius 1 is 0.941 bits per heavy atom. The highest BCUT2D eigenvalue weighted by Gasteiger charge is 2.71. The normalized spacial score (nSPS) is 21.6. The second-order valence-corrected chi connectivity index (χ2v) is 10.1. The molecule has 0 atom stereocenters.